The molecule has 0 fully saturated rings. The summed E-state index contributed by atoms with van der Waals surface area (Å²) >= 11 is 0. The first kappa shape index (κ1) is 15.8. The largest absolute Gasteiger partial charge is 0.476 e. The molecular weight excluding hydrogens is 332 g/mol. The summed E-state index contributed by atoms with van der Waals surface area (Å²) in [5.41, 5.74) is 1.82. The SMILES string of the molecule is O=C1CC(c2ccccc2)(c2ccccc2)Oc2c1ccc1ccccc21. The number of rotatable bonds is 2. The van der Waals surface area contributed by atoms with Crippen LogP contribution in [0.2, 0.25) is 0 Å². The van der Waals surface area contributed by atoms with Gasteiger partial charge in [0, 0.05) is 16.5 Å². The fourth-order valence-electron chi connectivity index (χ4n) is 4.01. The molecule has 130 valence electrons. The molecule has 0 bridgehead atoms. The zero-order chi connectivity index (χ0) is 18.3. The van der Waals surface area contributed by atoms with Crippen molar-refractivity contribution >= 4 is 16.6 Å². The van der Waals surface area contributed by atoms with Gasteiger partial charge in [0.05, 0.1) is 12.0 Å². The minimum Gasteiger partial charge on any atom is -0.476 e. The molecule has 0 aliphatic carbocycles. The van der Waals surface area contributed by atoms with Crippen molar-refractivity contribution in [1.29, 1.82) is 0 Å². The van der Waals surface area contributed by atoms with Crippen molar-refractivity contribution in [3.8, 4) is 5.75 Å². The van der Waals surface area contributed by atoms with Gasteiger partial charge in [0.25, 0.3) is 0 Å². The van der Waals surface area contributed by atoms with Gasteiger partial charge in [-0.1, -0.05) is 91.0 Å². The van der Waals surface area contributed by atoms with Gasteiger partial charge in [0.15, 0.2) is 11.4 Å². The lowest BCUT2D eigenvalue weighted by Crippen LogP contribution is -2.40. The second-order valence-corrected chi connectivity index (χ2v) is 6.92. The summed E-state index contributed by atoms with van der Waals surface area (Å²) in [4.78, 5) is 13.2. The lowest BCUT2D eigenvalue weighted by molar-refractivity contribution is 0.0627. The summed E-state index contributed by atoms with van der Waals surface area (Å²) in [6, 6.07) is 32.0. The summed E-state index contributed by atoms with van der Waals surface area (Å²) in [5, 5.41) is 2.04. The van der Waals surface area contributed by atoms with Gasteiger partial charge in [-0.25, -0.2) is 0 Å². The molecule has 0 saturated carbocycles. The van der Waals surface area contributed by atoms with Crippen LogP contribution >= 0.6 is 0 Å². The third kappa shape index (κ3) is 2.45. The molecule has 1 aliphatic heterocycles. The quantitative estimate of drug-likeness (QED) is 0.460. The number of benzene rings is 4. The smallest absolute Gasteiger partial charge is 0.171 e. The van der Waals surface area contributed by atoms with Gasteiger partial charge in [-0.05, 0) is 11.5 Å². The second-order valence-electron chi connectivity index (χ2n) is 6.92. The predicted octanol–water partition coefficient (Wildman–Crippen LogP) is 5.75. The molecule has 4 aromatic carbocycles. The van der Waals surface area contributed by atoms with E-state index in [1.807, 2.05) is 97.1 Å². The van der Waals surface area contributed by atoms with Crippen LogP contribution < -0.4 is 4.74 Å². The Morgan fingerprint density at radius 1 is 0.667 bits per heavy atom. The monoisotopic (exact) mass is 350 g/mol. The summed E-state index contributed by atoms with van der Waals surface area (Å²) < 4.78 is 6.75. The highest BCUT2D eigenvalue weighted by atomic mass is 16.5. The zero-order valence-electron chi connectivity index (χ0n) is 14.8. The lowest BCUT2D eigenvalue weighted by Gasteiger charge is -2.39. The third-order valence-corrected chi connectivity index (χ3v) is 5.35. The number of carbonyl (C=O) groups excluding carboxylic acids is 1. The lowest BCUT2D eigenvalue weighted by atomic mass is 9.78. The Bertz CT molecular complexity index is 1090. The minimum absolute atomic E-state index is 0.106. The Balaban J connectivity index is 1.80. The van der Waals surface area contributed by atoms with Gasteiger partial charge >= 0.3 is 0 Å². The van der Waals surface area contributed by atoms with E-state index in [0.717, 1.165) is 21.9 Å². The van der Waals surface area contributed by atoms with Gasteiger partial charge in [-0.15, -0.1) is 0 Å². The van der Waals surface area contributed by atoms with E-state index in [9.17, 15) is 4.79 Å². The fourth-order valence-corrected chi connectivity index (χ4v) is 4.01. The van der Waals surface area contributed by atoms with Gasteiger partial charge < -0.3 is 4.74 Å². The Hall–Kier alpha value is -3.39. The molecule has 27 heavy (non-hydrogen) atoms. The maximum absolute atomic E-state index is 13.2. The molecule has 0 N–H and O–H groups in total. The van der Waals surface area contributed by atoms with Crippen LogP contribution in [0.5, 0.6) is 5.75 Å². The standard InChI is InChI=1S/C25H18O2/c26-23-17-25(19-10-3-1-4-11-19,20-12-5-2-6-13-20)27-24-21-14-8-7-9-18(21)15-16-22(23)24/h1-16H,17H2. The fraction of sp³-hybridized carbons (Fsp3) is 0.0800. The summed E-state index contributed by atoms with van der Waals surface area (Å²) in [6.45, 7) is 0. The summed E-state index contributed by atoms with van der Waals surface area (Å²) in [7, 11) is 0. The van der Waals surface area contributed by atoms with Crippen molar-refractivity contribution in [2.24, 2.45) is 0 Å². The topological polar surface area (TPSA) is 26.3 Å². The molecule has 0 atom stereocenters. The van der Waals surface area contributed by atoms with E-state index in [0.29, 0.717) is 11.3 Å². The molecule has 0 radical (unpaired) electrons. The molecule has 0 saturated heterocycles. The average Bonchev–Trinajstić information content (AvgIpc) is 2.74. The average molecular weight is 350 g/mol. The van der Waals surface area contributed by atoms with Crippen molar-refractivity contribution < 1.29 is 9.53 Å². The Morgan fingerprint density at radius 3 is 1.93 bits per heavy atom. The Morgan fingerprint density at radius 2 is 1.26 bits per heavy atom. The number of hydrogen-bond acceptors (Lipinski definition) is 2. The van der Waals surface area contributed by atoms with Crippen molar-refractivity contribution in [3.05, 3.63) is 114 Å². The molecule has 1 heterocycles. The first-order valence-electron chi connectivity index (χ1n) is 9.13. The predicted molar refractivity (Wildman–Crippen MR) is 107 cm³/mol. The molecular formula is C25H18O2. The van der Waals surface area contributed by atoms with Crippen LogP contribution in [0.1, 0.15) is 27.9 Å². The van der Waals surface area contributed by atoms with Crippen molar-refractivity contribution in [2.75, 3.05) is 0 Å². The van der Waals surface area contributed by atoms with Gasteiger partial charge in [-0.3, -0.25) is 4.79 Å². The number of ketones is 1. The Kier molecular flexibility index (Phi) is 3.58. The highest BCUT2D eigenvalue weighted by molar-refractivity contribution is 6.06. The highest BCUT2D eigenvalue weighted by Crippen LogP contribution is 2.46. The van der Waals surface area contributed by atoms with Crippen LogP contribution in [0.15, 0.2) is 97.1 Å². The normalized spacial score (nSPS) is 15.2. The number of Topliss-reactive ketones (excluding diaryl/α,β-unsaturated/α-hetero) is 1. The van der Waals surface area contributed by atoms with Crippen LogP contribution in [-0.2, 0) is 5.60 Å². The molecule has 0 amide bonds. The number of carbonyl (C=O) groups is 1. The van der Waals surface area contributed by atoms with Crippen molar-refractivity contribution in [2.45, 2.75) is 12.0 Å². The summed E-state index contributed by atoms with van der Waals surface area (Å²) in [6.07, 6.45) is 0.284. The first-order chi connectivity index (χ1) is 13.3. The van der Waals surface area contributed by atoms with E-state index in [2.05, 4.69) is 0 Å². The molecule has 1 aliphatic rings. The van der Waals surface area contributed by atoms with E-state index in [-0.39, 0.29) is 12.2 Å². The minimum atomic E-state index is -0.823. The van der Waals surface area contributed by atoms with Gasteiger partial charge in [0.2, 0.25) is 0 Å². The molecule has 0 spiro atoms. The van der Waals surface area contributed by atoms with Gasteiger partial charge in [0.1, 0.15) is 5.75 Å². The molecule has 5 rings (SSSR count). The maximum atomic E-state index is 13.2. The number of fused-ring (bicyclic) bond motifs is 3. The van der Waals surface area contributed by atoms with E-state index in [1.165, 1.54) is 0 Å². The molecule has 4 aromatic rings. The first-order valence-corrected chi connectivity index (χ1v) is 9.13. The number of ether oxygens (including phenoxy) is 1. The third-order valence-electron chi connectivity index (χ3n) is 5.35. The molecule has 2 heteroatoms. The van der Waals surface area contributed by atoms with Crippen LogP contribution in [-0.4, -0.2) is 5.78 Å². The van der Waals surface area contributed by atoms with E-state index in [1.54, 1.807) is 0 Å². The van der Waals surface area contributed by atoms with Crippen molar-refractivity contribution in [1.82, 2.24) is 0 Å². The highest BCUT2D eigenvalue weighted by Gasteiger charge is 2.44. The molecule has 2 nitrogen and oxygen atoms in total. The van der Waals surface area contributed by atoms with Crippen molar-refractivity contribution in [3.63, 3.8) is 0 Å². The molecule has 0 aromatic heterocycles. The van der Waals surface area contributed by atoms with Crippen LogP contribution in [0.3, 0.4) is 0 Å². The van der Waals surface area contributed by atoms with Crippen LogP contribution in [0.25, 0.3) is 10.8 Å². The maximum Gasteiger partial charge on any atom is 0.171 e. The van der Waals surface area contributed by atoms with Crippen LogP contribution in [0, 0.1) is 0 Å². The van der Waals surface area contributed by atoms with E-state index >= 15 is 0 Å². The molecule has 0 unspecified atom stereocenters. The summed E-state index contributed by atoms with van der Waals surface area (Å²) in [5.74, 6) is 0.784. The van der Waals surface area contributed by atoms with E-state index in [4.69, 9.17) is 4.74 Å². The van der Waals surface area contributed by atoms with E-state index < -0.39 is 5.60 Å². The van der Waals surface area contributed by atoms with Gasteiger partial charge in [-0.2, -0.15) is 0 Å². The Labute approximate surface area is 158 Å². The van der Waals surface area contributed by atoms with Crippen LogP contribution in [0.4, 0.5) is 0 Å². The number of hydrogen-bond donors (Lipinski definition) is 0. The second kappa shape index (κ2) is 6.10. The zero-order valence-corrected chi connectivity index (χ0v) is 14.8.